The highest BCUT2D eigenvalue weighted by atomic mass is 16.3. The molecule has 20 rings (SSSR count). The first-order valence-corrected chi connectivity index (χ1v) is 37.4. The average Bonchev–Trinajstić information content (AvgIpc) is 1.62. The fourth-order valence-electron chi connectivity index (χ4n) is 13.9. The molecule has 14 heterocycles. The maximum atomic E-state index is 6.27. The van der Waals surface area contributed by atoms with Crippen molar-refractivity contribution in [1.82, 2.24) is 44.9 Å². The van der Waals surface area contributed by atoms with E-state index < -0.39 is 0 Å². The van der Waals surface area contributed by atoms with Crippen molar-refractivity contribution in [3.8, 4) is 56.2 Å². The van der Waals surface area contributed by atoms with E-state index in [9.17, 15) is 0 Å². The monoisotopic (exact) mass is 1440 g/mol. The number of hydrogen-bond acceptors (Lipinski definition) is 14. The van der Waals surface area contributed by atoms with Gasteiger partial charge in [0.2, 0.25) is 5.71 Å². The first-order chi connectivity index (χ1) is 53.7. The van der Waals surface area contributed by atoms with Crippen LogP contribution in [0, 0.1) is 0 Å². The lowest BCUT2D eigenvalue weighted by molar-refractivity contribution is 0.655. The average molecular weight is 1440 g/mol. The van der Waals surface area contributed by atoms with Crippen LogP contribution in [0.4, 0.5) is 0 Å². The van der Waals surface area contributed by atoms with E-state index in [1.54, 1.807) is 18.6 Å². The van der Waals surface area contributed by atoms with Gasteiger partial charge in [0.05, 0.1) is 34.5 Å². The summed E-state index contributed by atoms with van der Waals surface area (Å²) in [6, 6.07) is 71.6. The van der Waals surface area contributed by atoms with Gasteiger partial charge in [0.1, 0.15) is 44.5 Å². The molecule has 110 heavy (non-hydrogen) atoms. The Morgan fingerprint density at radius 3 is 1.27 bits per heavy atom. The largest absolute Gasteiger partial charge is 0.455 e. The van der Waals surface area contributed by atoms with Crippen LogP contribution in [0.2, 0.25) is 0 Å². The predicted molar refractivity (Wildman–Crippen MR) is 446 cm³/mol. The quantitative estimate of drug-likeness (QED) is 0.126. The second kappa shape index (κ2) is 30.9. The lowest BCUT2D eigenvalue weighted by Gasteiger charge is -2.06. The van der Waals surface area contributed by atoms with Crippen LogP contribution in [0.3, 0.4) is 0 Å². The van der Waals surface area contributed by atoms with Crippen LogP contribution in [0.5, 0.6) is 0 Å². The molecule has 0 aliphatic heterocycles. The molecule has 540 valence electrons. The highest BCUT2D eigenvalue weighted by Crippen LogP contribution is 2.41. The van der Waals surface area contributed by atoms with Crippen LogP contribution in [0.25, 0.3) is 166 Å². The number of hydrogen-bond donors (Lipinski definition) is 0. The Balaban J connectivity index is 0.000000104. The minimum absolute atomic E-state index is 0.409. The fraction of sp³-hybridized carbons (Fsp3) is 0.156. The summed E-state index contributed by atoms with van der Waals surface area (Å²) in [5, 5.41) is 8.55. The second-order valence-electron chi connectivity index (χ2n) is 29.0. The summed E-state index contributed by atoms with van der Waals surface area (Å²) in [6.07, 6.45) is 20.4. The van der Waals surface area contributed by atoms with Gasteiger partial charge in [0, 0.05) is 133 Å². The minimum atomic E-state index is 0.409. The van der Waals surface area contributed by atoms with Gasteiger partial charge < -0.3 is 22.1 Å². The van der Waals surface area contributed by atoms with E-state index in [1.807, 2.05) is 147 Å². The van der Waals surface area contributed by atoms with Crippen LogP contribution in [-0.2, 0) is 0 Å². The van der Waals surface area contributed by atoms with Crippen LogP contribution >= 0.6 is 0 Å². The normalized spacial score (nSPS) is 11.6. The number of nitrogens with zero attached hydrogens (tertiary/aromatic N) is 9. The van der Waals surface area contributed by atoms with Gasteiger partial charge in [-0.05, 0) is 148 Å². The minimum Gasteiger partial charge on any atom is -0.455 e. The molecule has 0 aliphatic rings. The molecule has 0 aliphatic carbocycles. The molecule has 14 aromatic heterocycles. The summed E-state index contributed by atoms with van der Waals surface area (Å²) < 4.78 is 30.3. The second-order valence-corrected chi connectivity index (χ2v) is 29.0. The zero-order chi connectivity index (χ0) is 75.5. The number of pyridine rings is 9. The molecular formula is C96H81N9O5. The summed E-state index contributed by atoms with van der Waals surface area (Å²) in [6.45, 7) is 21.7. The molecule has 0 unspecified atom stereocenters. The Bertz CT molecular complexity index is 5990. The molecule has 14 nitrogen and oxygen atoms in total. The van der Waals surface area contributed by atoms with E-state index in [0.29, 0.717) is 35.3 Å². The number of benzene rings is 6. The topological polar surface area (TPSA) is 182 Å². The molecule has 0 saturated carbocycles. The number of furan rings is 5. The molecule has 6 aromatic carbocycles. The van der Waals surface area contributed by atoms with Crippen molar-refractivity contribution in [2.24, 2.45) is 0 Å². The molecule has 0 saturated heterocycles. The highest BCUT2D eigenvalue weighted by molar-refractivity contribution is 6.12. The summed E-state index contributed by atoms with van der Waals surface area (Å²) in [5.74, 6) is 2.32. The van der Waals surface area contributed by atoms with E-state index in [4.69, 9.17) is 22.1 Å². The van der Waals surface area contributed by atoms with E-state index in [1.165, 1.54) is 33.4 Å². The zero-order valence-electron chi connectivity index (χ0n) is 63.0. The third-order valence-corrected chi connectivity index (χ3v) is 20.2. The highest BCUT2D eigenvalue weighted by Gasteiger charge is 2.21. The molecule has 0 spiro atoms. The SMILES string of the molecule is CC(C)c1ccc(-c2cccc3c2oc2cnccc23)nc1.CC(C)c1ccc(-c2cccc3c2oc2ncccc23)nc1.CC(C)c1ccc(-c2ccnc3c2oc2ccccc23)nc1.CC(C)c1ccc(-c2cncc3c2oc2ccccc23)nc1.CC(C)c1ccnc2c1oc1c(-c3ccccc3)cccc12. The van der Waals surface area contributed by atoms with E-state index >= 15 is 0 Å². The van der Waals surface area contributed by atoms with Gasteiger partial charge in [-0.2, -0.15) is 0 Å². The van der Waals surface area contributed by atoms with E-state index in [0.717, 1.165) is 155 Å². The summed E-state index contributed by atoms with van der Waals surface area (Å²) in [7, 11) is 0. The van der Waals surface area contributed by atoms with Crippen molar-refractivity contribution >= 4 is 110 Å². The molecule has 0 bridgehead atoms. The van der Waals surface area contributed by atoms with Gasteiger partial charge in [0.25, 0.3) is 0 Å². The lowest BCUT2D eigenvalue weighted by Crippen LogP contribution is -1.91. The Morgan fingerprint density at radius 1 is 0.227 bits per heavy atom. The van der Waals surface area contributed by atoms with Crippen LogP contribution in [-0.4, -0.2) is 44.9 Å². The molecule has 0 radical (unpaired) electrons. The van der Waals surface area contributed by atoms with Crippen molar-refractivity contribution in [2.45, 2.75) is 98.8 Å². The molecule has 14 heteroatoms. The third kappa shape index (κ3) is 14.1. The van der Waals surface area contributed by atoms with Gasteiger partial charge in [-0.15, -0.1) is 0 Å². The van der Waals surface area contributed by atoms with Gasteiger partial charge in [0.15, 0.2) is 16.7 Å². The van der Waals surface area contributed by atoms with E-state index in [-0.39, 0.29) is 0 Å². The number of aromatic nitrogens is 9. The first-order valence-electron chi connectivity index (χ1n) is 37.4. The van der Waals surface area contributed by atoms with Crippen molar-refractivity contribution < 1.29 is 22.1 Å². The Labute approximate surface area is 636 Å². The van der Waals surface area contributed by atoms with Gasteiger partial charge >= 0.3 is 0 Å². The van der Waals surface area contributed by atoms with Crippen molar-refractivity contribution in [3.63, 3.8) is 0 Å². The number of fused-ring (bicyclic) bond motifs is 15. The summed E-state index contributed by atoms with van der Waals surface area (Å²) >= 11 is 0. The predicted octanol–water partition coefficient (Wildman–Crippen LogP) is 26.4. The molecule has 20 aromatic rings. The lowest BCUT2D eigenvalue weighted by atomic mass is 10.0. The van der Waals surface area contributed by atoms with Gasteiger partial charge in [-0.1, -0.05) is 191 Å². The smallest absolute Gasteiger partial charge is 0.227 e. The first kappa shape index (κ1) is 71.0. The van der Waals surface area contributed by atoms with E-state index in [2.05, 4.69) is 229 Å². The van der Waals surface area contributed by atoms with Crippen LogP contribution < -0.4 is 0 Å². The molecule has 0 N–H and O–H groups in total. The maximum Gasteiger partial charge on any atom is 0.227 e. The van der Waals surface area contributed by atoms with Crippen molar-refractivity contribution in [2.75, 3.05) is 0 Å². The van der Waals surface area contributed by atoms with Gasteiger partial charge in [-0.25, -0.2) is 4.98 Å². The molecule has 0 fully saturated rings. The van der Waals surface area contributed by atoms with Crippen LogP contribution in [0.1, 0.15) is 127 Å². The Kier molecular flexibility index (Phi) is 19.9. The Morgan fingerprint density at radius 2 is 0.682 bits per heavy atom. The van der Waals surface area contributed by atoms with Crippen molar-refractivity contribution in [3.05, 3.63) is 308 Å². The molecular weight excluding hydrogens is 1360 g/mol. The maximum absolute atomic E-state index is 6.27. The van der Waals surface area contributed by atoms with Gasteiger partial charge in [-0.3, -0.25) is 39.9 Å². The summed E-state index contributed by atoms with van der Waals surface area (Å²) in [5.41, 5.74) is 26.3. The number of para-hydroxylation sites is 5. The number of rotatable bonds is 10. The molecule has 0 amide bonds. The molecule has 0 atom stereocenters. The fourth-order valence-corrected chi connectivity index (χ4v) is 13.9. The van der Waals surface area contributed by atoms with Crippen LogP contribution in [0.15, 0.2) is 303 Å². The Hall–Kier alpha value is -13.3. The zero-order valence-corrected chi connectivity index (χ0v) is 63.0. The standard InChI is InChI=1S/C20H17NO.4C19H16N2O/c1-13(2)15-11-12-21-18-17-10-6-9-16(19(17)22-20(15)18)14-7-4-3-5-8-14;1-12(2)13-8-9-17(21-11-13)16-6-3-5-14-15-7-4-10-20-19(15)22-18(14)16;1-12(2)13-6-7-17(21-10-13)16-5-3-4-15-14-8-9-20-11-18(14)22-19(15)16;1-12(2)13-7-8-17(21-9-13)16-11-20-10-15-14-5-3-4-6-18(14)22-19(15)16;1-12(2)13-7-8-16(21-11-13)14-9-10-20-18-15-5-3-4-6-17(15)22-19(14)18/h3-13H,1-2H3;4*3-12H,1-2H3. The third-order valence-electron chi connectivity index (χ3n) is 20.2. The summed E-state index contributed by atoms with van der Waals surface area (Å²) in [4.78, 5) is 40.3. The van der Waals surface area contributed by atoms with Crippen molar-refractivity contribution in [1.29, 1.82) is 0 Å².